The van der Waals surface area contributed by atoms with Crippen LogP contribution in [0.3, 0.4) is 0 Å². The van der Waals surface area contributed by atoms with Crippen molar-refractivity contribution in [3.8, 4) is 0 Å². The lowest BCUT2D eigenvalue weighted by atomic mass is 10.2. The topological polar surface area (TPSA) is 60.2 Å². The number of aromatic nitrogens is 3. The molecule has 0 saturated heterocycles. The molecule has 0 aliphatic heterocycles. The highest BCUT2D eigenvalue weighted by Gasteiger charge is 2.12. The van der Waals surface area contributed by atoms with E-state index in [-0.39, 0.29) is 18.3 Å². The van der Waals surface area contributed by atoms with E-state index in [2.05, 4.69) is 10.3 Å². The molecule has 0 aliphatic rings. The van der Waals surface area contributed by atoms with Crippen LogP contribution in [0.2, 0.25) is 5.02 Å². The lowest BCUT2D eigenvalue weighted by Gasteiger charge is -2.17. The molecule has 0 atom stereocenters. The number of halogens is 2. The van der Waals surface area contributed by atoms with Crippen LogP contribution in [0, 0.1) is 5.82 Å². The highest BCUT2D eigenvalue weighted by atomic mass is 35.5. The minimum absolute atomic E-state index is 0.206. The lowest BCUT2D eigenvalue weighted by molar-refractivity contribution is -0.136. The summed E-state index contributed by atoms with van der Waals surface area (Å²) in [7, 11) is 1.64. The molecule has 0 unspecified atom stereocenters. The fourth-order valence-electron chi connectivity index (χ4n) is 2.15. The summed E-state index contributed by atoms with van der Waals surface area (Å²) in [6.45, 7) is 0.148. The SMILES string of the molecule is CN(Cc1ccc(F)cc1)C(=O)COn1nnc2ccc(Cl)cc21. The van der Waals surface area contributed by atoms with Gasteiger partial charge in [-0.15, -0.1) is 5.10 Å². The fraction of sp³-hybridized carbons (Fsp3) is 0.188. The van der Waals surface area contributed by atoms with Crippen LogP contribution in [-0.4, -0.2) is 39.6 Å². The summed E-state index contributed by atoms with van der Waals surface area (Å²) in [6, 6.07) is 11.0. The number of rotatable bonds is 5. The molecule has 8 heteroatoms. The molecule has 2 aromatic carbocycles. The Morgan fingerprint density at radius 1 is 1.29 bits per heavy atom. The Balaban J connectivity index is 1.61. The molecule has 124 valence electrons. The van der Waals surface area contributed by atoms with Gasteiger partial charge < -0.3 is 9.74 Å². The van der Waals surface area contributed by atoms with Gasteiger partial charge in [0.25, 0.3) is 5.91 Å². The number of benzene rings is 2. The summed E-state index contributed by atoms with van der Waals surface area (Å²) in [5, 5.41) is 8.28. The maximum Gasteiger partial charge on any atom is 0.263 e. The third-order valence-electron chi connectivity index (χ3n) is 3.45. The van der Waals surface area contributed by atoms with Gasteiger partial charge in [0.1, 0.15) is 16.9 Å². The first-order valence-electron chi connectivity index (χ1n) is 7.15. The molecular formula is C16H14ClFN4O2. The van der Waals surface area contributed by atoms with Gasteiger partial charge in [0, 0.05) is 18.6 Å². The smallest absolute Gasteiger partial charge is 0.263 e. The number of fused-ring (bicyclic) bond motifs is 1. The molecule has 0 fully saturated rings. The normalized spacial score (nSPS) is 10.8. The van der Waals surface area contributed by atoms with Crippen LogP contribution >= 0.6 is 11.6 Å². The van der Waals surface area contributed by atoms with E-state index >= 15 is 0 Å². The zero-order valence-corrected chi connectivity index (χ0v) is 13.6. The molecule has 3 rings (SSSR count). The number of carbonyl (C=O) groups is 1. The zero-order chi connectivity index (χ0) is 17.1. The van der Waals surface area contributed by atoms with Crippen molar-refractivity contribution in [1.29, 1.82) is 0 Å². The lowest BCUT2D eigenvalue weighted by Crippen LogP contribution is -2.33. The predicted molar refractivity (Wildman–Crippen MR) is 86.9 cm³/mol. The van der Waals surface area contributed by atoms with Crippen molar-refractivity contribution >= 4 is 28.5 Å². The van der Waals surface area contributed by atoms with Crippen molar-refractivity contribution in [3.63, 3.8) is 0 Å². The van der Waals surface area contributed by atoms with Gasteiger partial charge >= 0.3 is 0 Å². The van der Waals surface area contributed by atoms with E-state index in [0.717, 1.165) is 5.56 Å². The highest BCUT2D eigenvalue weighted by molar-refractivity contribution is 6.31. The van der Waals surface area contributed by atoms with Gasteiger partial charge in [-0.2, -0.15) is 0 Å². The summed E-state index contributed by atoms with van der Waals surface area (Å²) >= 11 is 5.94. The molecule has 24 heavy (non-hydrogen) atoms. The molecule has 0 radical (unpaired) electrons. The van der Waals surface area contributed by atoms with Gasteiger partial charge in [-0.05, 0) is 41.1 Å². The van der Waals surface area contributed by atoms with E-state index in [1.54, 1.807) is 37.4 Å². The second-order valence-electron chi connectivity index (χ2n) is 5.25. The summed E-state index contributed by atoms with van der Waals surface area (Å²) in [4.78, 5) is 20.2. The minimum Gasteiger partial charge on any atom is -0.385 e. The van der Waals surface area contributed by atoms with Crippen LogP contribution in [0.15, 0.2) is 42.5 Å². The quantitative estimate of drug-likeness (QED) is 0.710. The van der Waals surface area contributed by atoms with Gasteiger partial charge in [0.15, 0.2) is 6.61 Å². The maximum atomic E-state index is 12.9. The van der Waals surface area contributed by atoms with Gasteiger partial charge in [0.05, 0.1) is 0 Å². The monoisotopic (exact) mass is 348 g/mol. The second kappa shape index (κ2) is 6.84. The van der Waals surface area contributed by atoms with Crippen molar-refractivity contribution in [2.75, 3.05) is 13.7 Å². The first kappa shape index (κ1) is 16.2. The van der Waals surface area contributed by atoms with Gasteiger partial charge in [-0.1, -0.05) is 28.6 Å². The number of carbonyl (C=O) groups excluding carboxylic acids is 1. The van der Waals surface area contributed by atoms with E-state index in [0.29, 0.717) is 22.6 Å². The minimum atomic E-state index is -0.312. The molecule has 1 amide bonds. The van der Waals surface area contributed by atoms with E-state index in [9.17, 15) is 9.18 Å². The van der Waals surface area contributed by atoms with E-state index < -0.39 is 0 Å². The van der Waals surface area contributed by atoms with Gasteiger partial charge in [-0.25, -0.2) is 4.39 Å². The average Bonchev–Trinajstić information content (AvgIpc) is 2.96. The maximum absolute atomic E-state index is 12.9. The number of nitrogens with zero attached hydrogens (tertiary/aromatic N) is 4. The third-order valence-corrected chi connectivity index (χ3v) is 3.68. The Bertz CT molecular complexity index is 866. The van der Waals surface area contributed by atoms with Crippen LogP contribution in [0.1, 0.15) is 5.56 Å². The molecule has 0 bridgehead atoms. The Labute approximate surface area is 142 Å². The van der Waals surface area contributed by atoms with Crippen LogP contribution in [-0.2, 0) is 11.3 Å². The summed E-state index contributed by atoms with van der Waals surface area (Å²) in [5.41, 5.74) is 2.02. The summed E-state index contributed by atoms with van der Waals surface area (Å²) < 4.78 is 12.9. The van der Waals surface area contributed by atoms with Crippen LogP contribution in [0.25, 0.3) is 11.0 Å². The molecule has 6 nitrogen and oxygen atoms in total. The molecule has 0 spiro atoms. The zero-order valence-electron chi connectivity index (χ0n) is 12.8. The summed E-state index contributed by atoms with van der Waals surface area (Å²) in [5.74, 6) is -0.558. The number of amides is 1. The van der Waals surface area contributed by atoms with Crippen molar-refractivity contribution in [1.82, 2.24) is 20.1 Å². The van der Waals surface area contributed by atoms with Gasteiger partial charge in [0.2, 0.25) is 0 Å². The van der Waals surface area contributed by atoms with E-state index in [1.807, 2.05) is 0 Å². The van der Waals surface area contributed by atoms with Crippen molar-refractivity contribution in [2.45, 2.75) is 6.54 Å². The molecule has 1 heterocycles. The van der Waals surface area contributed by atoms with Gasteiger partial charge in [-0.3, -0.25) is 4.79 Å². The van der Waals surface area contributed by atoms with Crippen molar-refractivity contribution in [2.24, 2.45) is 0 Å². The number of hydrogen-bond donors (Lipinski definition) is 0. The molecule has 1 aromatic heterocycles. The molecular weight excluding hydrogens is 335 g/mol. The fourth-order valence-corrected chi connectivity index (χ4v) is 2.31. The Morgan fingerprint density at radius 3 is 2.79 bits per heavy atom. The number of likely N-dealkylation sites (N-methyl/N-ethyl adjacent to an activating group) is 1. The van der Waals surface area contributed by atoms with Crippen molar-refractivity contribution in [3.05, 3.63) is 58.9 Å². The summed E-state index contributed by atoms with van der Waals surface area (Å²) in [6.07, 6.45) is 0. The molecule has 0 N–H and O–H groups in total. The van der Waals surface area contributed by atoms with E-state index in [4.69, 9.17) is 16.4 Å². The Morgan fingerprint density at radius 2 is 2.04 bits per heavy atom. The van der Waals surface area contributed by atoms with Crippen LogP contribution < -0.4 is 4.84 Å². The standard InChI is InChI=1S/C16H14ClFN4O2/c1-21(9-11-2-5-13(18)6-3-11)16(23)10-24-22-15-8-12(17)4-7-14(15)19-20-22/h2-8H,9-10H2,1H3. The molecule has 0 aliphatic carbocycles. The third kappa shape index (κ3) is 3.62. The highest BCUT2D eigenvalue weighted by Crippen LogP contribution is 2.16. The van der Waals surface area contributed by atoms with Crippen LogP contribution in [0.5, 0.6) is 0 Å². The average molecular weight is 349 g/mol. The first-order chi connectivity index (χ1) is 11.5. The second-order valence-corrected chi connectivity index (χ2v) is 5.68. The molecule has 3 aromatic rings. The largest absolute Gasteiger partial charge is 0.385 e. The number of hydrogen-bond acceptors (Lipinski definition) is 4. The van der Waals surface area contributed by atoms with E-state index in [1.165, 1.54) is 21.9 Å². The Kier molecular flexibility index (Phi) is 4.61. The molecule has 0 saturated carbocycles. The van der Waals surface area contributed by atoms with Crippen LogP contribution in [0.4, 0.5) is 4.39 Å². The Hall–Kier alpha value is -2.67. The predicted octanol–water partition coefficient (Wildman–Crippen LogP) is 2.31. The first-order valence-corrected chi connectivity index (χ1v) is 7.53. The van der Waals surface area contributed by atoms with Crippen molar-refractivity contribution < 1.29 is 14.0 Å².